The lowest BCUT2D eigenvalue weighted by Gasteiger charge is -2.32. The molecule has 1 saturated heterocycles. The van der Waals surface area contributed by atoms with E-state index in [1.54, 1.807) is 11.3 Å². The topological polar surface area (TPSA) is 40.5 Å². The third-order valence-electron chi connectivity index (χ3n) is 4.82. The maximum absolute atomic E-state index is 4.60. The Morgan fingerprint density at radius 2 is 1.91 bits per heavy atom. The Labute approximate surface area is 135 Å². The summed E-state index contributed by atoms with van der Waals surface area (Å²) >= 11 is 1.67. The number of anilines is 1. The Hall–Kier alpha value is -1.46. The summed E-state index contributed by atoms with van der Waals surface area (Å²) in [6, 6.07) is 9.07. The van der Waals surface area contributed by atoms with Crippen molar-refractivity contribution in [1.82, 2.24) is 9.88 Å². The Morgan fingerprint density at radius 1 is 1.14 bits per heavy atom. The summed E-state index contributed by atoms with van der Waals surface area (Å²) in [6.07, 6.45) is 7.82. The van der Waals surface area contributed by atoms with Crippen LogP contribution < -0.4 is 5.43 Å². The SMILES string of the molecule is c1ccc2sc(NN=C3CCN(C4CCCC4)CC3)nc2c1. The molecule has 1 aliphatic heterocycles. The van der Waals surface area contributed by atoms with Gasteiger partial charge in [0.15, 0.2) is 0 Å². The number of hydrogen-bond acceptors (Lipinski definition) is 5. The van der Waals surface area contributed by atoms with Gasteiger partial charge in [0.25, 0.3) is 0 Å². The highest BCUT2D eigenvalue weighted by Gasteiger charge is 2.25. The Kier molecular flexibility index (Phi) is 4.08. The van der Waals surface area contributed by atoms with Crippen LogP contribution in [0.5, 0.6) is 0 Å². The largest absolute Gasteiger partial charge is 0.300 e. The number of benzene rings is 1. The zero-order valence-corrected chi connectivity index (χ0v) is 13.6. The number of likely N-dealkylation sites (tertiary alicyclic amines) is 1. The summed E-state index contributed by atoms with van der Waals surface area (Å²) in [5, 5.41) is 5.49. The average molecular weight is 314 g/mol. The van der Waals surface area contributed by atoms with Crippen molar-refractivity contribution in [2.75, 3.05) is 18.5 Å². The van der Waals surface area contributed by atoms with Crippen LogP contribution in [0.4, 0.5) is 5.13 Å². The van der Waals surface area contributed by atoms with E-state index in [9.17, 15) is 0 Å². The van der Waals surface area contributed by atoms with Crippen molar-refractivity contribution in [3.05, 3.63) is 24.3 Å². The fraction of sp³-hybridized carbons (Fsp3) is 0.529. The molecule has 0 amide bonds. The molecule has 1 aromatic heterocycles. The summed E-state index contributed by atoms with van der Waals surface area (Å²) in [5.74, 6) is 0. The van der Waals surface area contributed by atoms with E-state index in [-0.39, 0.29) is 0 Å². The van der Waals surface area contributed by atoms with Gasteiger partial charge in [-0.25, -0.2) is 4.98 Å². The number of hydrazone groups is 1. The molecule has 5 heteroatoms. The van der Waals surface area contributed by atoms with E-state index in [0.717, 1.165) is 29.5 Å². The predicted octanol–water partition coefficient (Wildman–Crippen LogP) is 4.10. The molecule has 1 aromatic carbocycles. The number of rotatable bonds is 3. The quantitative estimate of drug-likeness (QED) is 0.867. The van der Waals surface area contributed by atoms with Crippen LogP contribution in [0.15, 0.2) is 29.4 Å². The molecule has 0 atom stereocenters. The number of aromatic nitrogens is 1. The number of fused-ring (bicyclic) bond motifs is 1. The highest BCUT2D eigenvalue weighted by Crippen LogP contribution is 2.27. The zero-order valence-electron chi connectivity index (χ0n) is 12.8. The monoisotopic (exact) mass is 314 g/mol. The Balaban J connectivity index is 1.35. The molecular weight excluding hydrogens is 292 g/mol. The van der Waals surface area contributed by atoms with Crippen molar-refractivity contribution in [2.45, 2.75) is 44.6 Å². The second-order valence-corrected chi connectivity index (χ2v) is 7.28. The molecule has 0 bridgehead atoms. The summed E-state index contributed by atoms with van der Waals surface area (Å²) < 4.78 is 1.21. The second-order valence-electron chi connectivity index (χ2n) is 6.25. The van der Waals surface area contributed by atoms with Gasteiger partial charge in [-0.1, -0.05) is 36.3 Å². The summed E-state index contributed by atoms with van der Waals surface area (Å²) in [5.41, 5.74) is 5.50. The van der Waals surface area contributed by atoms with E-state index in [1.165, 1.54) is 49.2 Å². The molecular formula is C17H22N4S. The van der Waals surface area contributed by atoms with Crippen LogP contribution in [0.25, 0.3) is 10.2 Å². The highest BCUT2D eigenvalue weighted by molar-refractivity contribution is 7.22. The van der Waals surface area contributed by atoms with Crippen LogP contribution in [0.2, 0.25) is 0 Å². The van der Waals surface area contributed by atoms with E-state index in [4.69, 9.17) is 0 Å². The highest BCUT2D eigenvalue weighted by atomic mass is 32.1. The van der Waals surface area contributed by atoms with Crippen molar-refractivity contribution in [3.8, 4) is 0 Å². The first-order valence-electron chi connectivity index (χ1n) is 8.29. The van der Waals surface area contributed by atoms with Crippen molar-refractivity contribution < 1.29 is 0 Å². The van der Waals surface area contributed by atoms with Gasteiger partial charge in [-0.15, -0.1) is 0 Å². The van der Waals surface area contributed by atoms with Gasteiger partial charge in [0, 0.05) is 37.7 Å². The van der Waals surface area contributed by atoms with Gasteiger partial charge in [-0.2, -0.15) is 5.10 Å². The normalized spacial score (nSPS) is 20.6. The van der Waals surface area contributed by atoms with Gasteiger partial charge in [0.2, 0.25) is 5.13 Å². The molecule has 1 N–H and O–H groups in total. The molecule has 1 aliphatic carbocycles. The molecule has 2 fully saturated rings. The van der Waals surface area contributed by atoms with Crippen molar-refractivity contribution in [2.24, 2.45) is 5.10 Å². The molecule has 2 heterocycles. The number of piperidine rings is 1. The first-order valence-corrected chi connectivity index (χ1v) is 9.11. The molecule has 0 spiro atoms. The predicted molar refractivity (Wildman–Crippen MR) is 93.7 cm³/mol. The lowest BCUT2D eigenvalue weighted by Crippen LogP contribution is -2.40. The first-order chi connectivity index (χ1) is 10.9. The summed E-state index contributed by atoms with van der Waals surface area (Å²) in [4.78, 5) is 7.24. The number of para-hydroxylation sites is 1. The summed E-state index contributed by atoms with van der Waals surface area (Å²) in [6.45, 7) is 2.34. The molecule has 4 rings (SSSR count). The van der Waals surface area contributed by atoms with Gasteiger partial charge in [-0.3, -0.25) is 10.3 Å². The second kappa shape index (κ2) is 6.34. The Morgan fingerprint density at radius 3 is 2.68 bits per heavy atom. The van der Waals surface area contributed by atoms with Gasteiger partial charge in [0.05, 0.1) is 10.2 Å². The van der Waals surface area contributed by atoms with Gasteiger partial charge >= 0.3 is 0 Å². The van der Waals surface area contributed by atoms with E-state index in [0.29, 0.717) is 0 Å². The van der Waals surface area contributed by atoms with E-state index in [1.807, 2.05) is 12.1 Å². The van der Waals surface area contributed by atoms with Crippen LogP contribution in [0.3, 0.4) is 0 Å². The maximum atomic E-state index is 4.60. The molecule has 0 radical (unpaired) electrons. The van der Waals surface area contributed by atoms with E-state index >= 15 is 0 Å². The molecule has 2 aromatic rings. The van der Waals surface area contributed by atoms with Crippen molar-refractivity contribution in [1.29, 1.82) is 0 Å². The van der Waals surface area contributed by atoms with E-state index < -0.39 is 0 Å². The average Bonchev–Trinajstić information content (AvgIpc) is 3.22. The van der Waals surface area contributed by atoms with Crippen LogP contribution in [0, 0.1) is 0 Å². The molecule has 116 valence electrons. The maximum Gasteiger partial charge on any atom is 0.204 e. The minimum absolute atomic E-state index is 0.846. The van der Waals surface area contributed by atoms with Gasteiger partial charge < -0.3 is 0 Å². The fourth-order valence-corrected chi connectivity index (χ4v) is 4.38. The van der Waals surface area contributed by atoms with Crippen molar-refractivity contribution >= 4 is 32.4 Å². The van der Waals surface area contributed by atoms with Gasteiger partial charge in [0.1, 0.15) is 0 Å². The van der Waals surface area contributed by atoms with Gasteiger partial charge in [-0.05, 0) is 25.0 Å². The van der Waals surface area contributed by atoms with Crippen molar-refractivity contribution in [3.63, 3.8) is 0 Å². The summed E-state index contributed by atoms with van der Waals surface area (Å²) in [7, 11) is 0. The number of nitrogens with zero attached hydrogens (tertiary/aromatic N) is 3. The first kappa shape index (κ1) is 14.2. The standard InChI is InChI=1S/C17H22N4S/c1-2-6-14(5-1)21-11-9-13(10-12-21)19-20-17-18-15-7-3-4-8-16(15)22-17/h3-4,7-8,14H,1-2,5-6,9-12H2,(H,18,20). The molecule has 4 nitrogen and oxygen atoms in total. The third-order valence-corrected chi connectivity index (χ3v) is 5.76. The molecule has 0 unspecified atom stereocenters. The van der Waals surface area contributed by atoms with Crippen LogP contribution in [0.1, 0.15) is 38.5 Å². The zero-order chi connectivity index (χ0) is 14.8. The number of thiazole rings is 1. The lowest BCUT2D eigenvalue weighted by molar-refractivity contribution is 0.198. The van der Waals surface area contributed by atoms with E-state index in [2.05, 4.69) is 32.5 Å². The van der Waals surface area contributed by atoms with Crippen LogP contribution >= 0.6 is 11.3 Å². The fourth-order valence-electron chi connectivity index (χ4n) is 3.58. The number of nitrogens with one attached hydrogen (secondary N) is 1. The van der Waals surface area contributed by atoms with Crippen LogP contribution in [-0.4, -0.2) is 34.7 Å². The minimum atomic E-state index is 0.846. The molecule has 1 saturated carbocycles. The molecule has 2 aliphatic rings. The molecule has 22 heavy (non-hydrogen) atoms. The van der Waals surface area contributed by atoms with Crippen LogP contribution in [-0.2, 0) is 0 Å². The number of hydrogen-bond donors (Lipinski definition) is 1. The minimum Gasteiger partial charge on any atom is -0.300 e. The Bertz CT molecular complexity index is 629. The lowest BCUT2D eigenvalue weighted by atomic mass is 10.1. The third kappa shape index (κ3) is 3.01. The smallest absolute Gasteiger partial charge is 0.204 e.